The lowest BCUT2D eigenvalue weighted by Gasteiger charge is -2.16. The number of anilines is 2. The van der Waals surface area contributed by atoms with Gasteiger partial charge in [0.15, 0.2) is 11.7 Å². The number of aromatic amines is 2. The number of amides is 2. The second-order valence-corrected chi connectivity index (χ2v) is 9.67. The van der Waals surface area contributed by atoms with Crippen molar-refractivity contribution >= 4 is 56.5 Å². The maximum atomic E-state index is 12.9. The highest BCUT2D eigenvalue weighted by Crippen LogP contribution is 2.33. The van der Waals surface area contributed by atoms with Crippen LogP contribution in [0.1, 0.15) is 21.7 Å². The smallest absolute Gasteiger partial charge is 0.291 e. The second kappa shape index (κ2) is 11.0. The fourth-order valence-electron chi connectivity index (χ4n) is 4.77. The highest BCUT2D eigenvalue weighted by Gasteiger charge is 2.20. The van der Waals surface area contributed by atoms with Crippen LogP contribution in [0.3, 0.4) is 0 Å². The van der Waals surface area contributed by atoms with Gasteiger partial charge in [-0.2, -0.15) is 0 Å². The van der Waals surface area contributed by atoms with E-state index in [-0.39, 0.29) is 30.1 Å². The predicted molar refractivity (Wildman–Crippen MR) is 165 cm³/mol. The van der Waals surface area contributed by atoms with E-state index in [0.717, 1.165) is 16.5 Å². The summed E-state index contributed by atoms with van der Waals surface area (Å²) in [6.45, 7) is -0.0836. The van der Waals surface area contributed by atoms with Crippen molar-refractivity contribution in [3.63, 3.8) is 0 Å². The minimum Gasteiger partial charge on any atom is -0.494 e. The summed E-state index contributed by atoms with van der Waals surface area (Å²) in [5, 5.41) is 14.7. The Kier molecular flexibility index (Phi) is 6.95. The van der Waals surface area contributed by atoms with Gasteiger partial charge in [0.25, 0.3) is 5.91 Å². The number of H-pyrrole nitrogens is 2. The summed E-state index contributed by atoms with van der Waals surface area (Å²) in [4.78, 5) is 41.7. The fourth-order valence-corrected chi connectivity index (χ4v) is 4.77. The van der Waals surface area contributed by atoms with E-state index in [4.69, 9.17) is 10.7 Å². The van der Waals surface area contributed by atoms with Gasteiger partial charge in [-0.15, -0.1) is 0 Å². The van der Waals surface area contributed by atoms with Gasteiger partial charge in [-0.25, -0.2) is 9.98 Å². The Morgan fingerprint density at radius 2 is 1.67 bits per heavy atom. The number of hydrogen-bond acceptors (Lipinski definition) is 6. The highest BCUT2D eigenvalue weighted by molar-refractivity contribution is 6.22. The molecule has 2 heterocycles. The summed E-state index contributed by atoms with van der Waals surface area (Å²) in [6, 6.07) is 29.5. The van der Waals surface area contributed by atoms with E-state index < -0.39 is 0 Å². The van der Waals surface area contributed by atoms with Gasteiger partial charge in [0.2, 0.25) is 5.91 Å². The number of aromatic hydroxyl groups is 1. The number of nitrogens with two attached hydrogens (primary N) is 1. The maximum Gasteiger partial charge on any atom is 0.291 e. The molecule has 0 saturated carbocycles. The fraction of sp³-hybridized carbons (Fsp3) is 0.0625. The number of aliphatic imine (C=N–C) groups is 1. The molecule has 0 aliphatic rings. The van der Waals surface area contributed by atoms with Crippen molar-refractivity contribution in [3.05, 3.63) is 114 Å². The van der Waals surface area contributed by atoms with Crippen LogP contribution in [0.25, 0.3) is 21.9 Å². The van der Waals surface area contributed by atoms with Gasteiger partial charge in [0.05, 0.1) is 40.1 Å². The molecule has 0 atom stereocenters. The topological polar surface area (TPSA) is 152 Å². The minimum atomic E-state index is -0.379. The third-order valence-corrected chi connectivity index (χ3v) is 6.95. The first-order chi connectivity index (χ1) is 20.4. The van der Waals surface area contributed by atoms with Crippen LogP contribution in [0.15, 0.2) is 102 Å². The molecule has 0 aliphatic heterocycles. The molecule has 6 aromatic rings. The van der Waals surface area contributed by atoms with Gasteiger partial charge in [-0.05, 0) is 54.6 Å². The second-order valence-electron chi connectivity index (χ2n) is 9.67. The molecule has 0 spiro atoms. The molecule has 10 heteroatoms. The molecular formula is C32H27N7O3. The molecule has 0 radical (unpaired) electrons. The van der Waals surface area contributed by atoms with Crippen LogP contribution in [-0.2, 0) is 4.79 Å². The number of aromatic nitrogens is 3. The molecule has 10 nitrogen and oxygen atoms in total. The van der Waals surface area contributed by atoms with Crippen LogP contribution in [0.4, 0.5) is 17.1 Å². The lowest BCUT2D eigenvalue weighted by molar-refractivity contribution is -0.117. The molecule has 0 bridgehead atoms. The van der Waals surface area contributed by atoms with Crippen LogP contribution in [0.2, 0.25) is 0 Å². The van der Waals surface area contributed by atoms with Gasteiger partial charge in [0.1, 0.15) is 0 Å². The van der Waals surface area contributed by atoms with Crippen molar-refractivity contribution in [3.8, 4) is 5.88 Å². The predicted octanol–water partition coefficient (Wildman–Crippen LogP) is 5.09. The zero-order valence-corrected chi connectivity index (χ0v) is 22.6. The van der Waals surface area contributed by atoms with Crippen LogP contribution in [-0.4, -0.2) is 51.2 Å². The lowest BCUT2D eigenvalue weighted by Crippen LogP contribution is -2.32. The molecule has 0 aliphatic carbocycles. The van der Waals surface area contributed by atoms with Crippen LogP contribution in [0, 0.1) is 0 Å². The zero-order valence-electron chi connectivity index (χ0n) is 22.6. The lowest BCUT2D eigenvalue weighted by atomic mass is 10.0. The van der Waals surface area contributed by atoms with E-state index in [0.29, 0.717) is 39.4 Å². The van der Waals surface area contributed by atoms with Crippen molar-refractivity contribution in [2.24, 2.45) is 10.7 Å². The summed E-state index contributed by atoms with van der Waals surface area (Å²) >= 11 is 0. The molecular weight excluding hydrogens is 530 g/mol. The normalized spacial score (nSPS) is 11.6. The first-order valence-electron chi connectivity index (χ1n) is 13.2. The SMILES string of the molecule is CN(C(=O)CN)c1ccc(N=C(c2ccccc2)c2c(O)[nH]c3cc(NC(=O)c4nc5ccccc5[nH]4)ccc23)cc1. The highest BCUT2D eigenvalue weighted by atomic mass is 16.3. The number of benzene rings is 4. The van der Waals surface area contributed by atoms with Crippen molar-refractivity contribution in [2.75, 3.05) is 23.8 Å². The molecule has 208 valence electrons. The number of para-hydroxylation sites is 2. The Morgan fingerprint density at radius 3 is 2.40 bits per heavy atom. The Balaban J connectivity index is 1.35. The standard InChI is InChI=1S/C32H27N7O3/c1-39(27(40)18-33)22-14-11-20(12-15-22)34-29(19-7-3-2-4-8-19)28-23-16-13-21(17-26(23)38-31(28)41)35-32(42)30-36-24-9-5-6-10-25(24)37-30/h2-17,38,41H,18,33H2,1H3,(H,35,42)(H,36,37). The molecule has 0 saturated heterocycles. The van der Waals surface area contributed by atoms with E-state index in [1.807, 2.05) is 60.7 Å². The summed E-state index contributed by atoms with van der Waals surface area (Å²) < 4.78 is 0. The van der Waals surface area contributed by atoms with Crippen molar-refractivity contribution < 1.29 is 14.7 Å². The number of imidazole rings is 1. The van der Waals surface area contributed by atoms with E-state index in [2.05, 4.69) is 20.3 Å². The average Bonchev–Trinajstić information content (AvgIpc) is 3.60. The largest absolute Gasteiger partial charge is 0.494 e. The first kappa shape index (κ1) is 26.5. The number of fused-ring (bicyclic) bond motifs is 2. The van der Waals surface area contributed by atoms with E-state index >= 15 is 0 Å². The number of nitrogens with one attached hydrogen (secondary N) is 3. The number of hydrogen-bond donors (Lipinski definition) is 5. The molecule has 6 N–H and O–H groups in total. The molecule has 42 heavy (non-hydrogen) atoms. The van der Waals surface area contributed by atoms with Crippen molar-refractivity contribution in [1.29, 1.82) is 0 Å². The number of carbonyl (C=O) groups excluding carboxylic acids is 2. The minimum absolute atomic E-state index is 0.0572. The molecule has 0 fully saturated rings. The van der Waals surface area contributed by atoms with Crippen molar-refractivity contribution in [2.45, 2.75) is 0 Å². The van der Waals surface area contributed by atoms with Crippen LogP contribution < -0.4 is 16.0 Å². The molecule has 4 aromatic carbocycles. The molecule has 6 rings (SSSR count). The maximum absolute atomic E-state index is 12.9. The van der Waals surface area contributed by atoms with Crippen molar-refractivity contribution in [1.82, 2.24) is 15.0 Å². The Labute approximate surface area is 240 Å². The summed E-state index contributed by atoms with van der Waals surface area (Å²) in [5.41, 5.74) is 11.3. The van der Waals surface area contributed by atoms with E-state index in [1.165, 1.54) is 4.90 Å². The number of rotatable bonds is 7. The summed E-state index contributed by atoms with van der Waals surface area (Å²) in [7, 11) is 1.67. The van der Waals surface area contributed by atoms with E-state index in [1.54, 1.807) is 43.4 Å². The third-order valence-electron chi connectivity index (χ3n) is 6.95. The van der Waals surface area contributed by atoms with Gasteiger partial charge in [-0.1, -0.05) is 42.5 Å². The van der Waals surface area contributed by atoms with E-state index in [9.17, 15) is 14.7 Å². The molecule has 2 amide bonds. The van der Waals surface area contributed by atoms with Crippen LogP contribution >= 0.6 is 0 Å². The summed E-state index contributed by atoms with van der Waals surface area (Å²) in [5.74, 6) is -0.434. The van der Waals surface area contributed by atoms with Gasteiger partial charge >= 0.3 is 0 Å². The van der Waals surface area contributed by atoms with Gasteiger partial charge < -0.3 is 31.0 Å². The van der Waals surface area contributed by atoms with Gasteiger partial charge in [0, 0.05) is 29.4 Å². The summed E-state index contributed by atoms with van der Waals surface area (Å²) in [6.07, 6.45) is 0. The Bertz CT molecular complexity index is 1920. The number of carbonyl (C=O) groups is 2. The third kappa shape index (κ3) is 5.09. The zero-order chi connectivity index (χ0) is 29.2. The monoisotopic (exact) mass is 557 g/mol. The molecule has 2 aromatic heterocycles. The van der Waals surface area contributed by atoms with Crippen LogP contribution in [0.5, 0.6) is 5.88 Å². The number of likely N-dealkylation sites (N-methyl/N-ethyl adjacent to an activating group) is 1. The number of nitrogens with zero attached hydrogens (tertiary/aromatic N) is 3. The average molecular weight is 558 g/mol. The van der Waals surface area contributed by atoms with Gasteiger partial charge in [-0.3, -0.25) is 9.59 Å². The Morgan fingerprint density at radius 1 is 0.929 bits per heavy atom. The quantitative estimate of drug-likeness (QED) is 0.173. The Hall–Kier alpha value is -5.74. The molecule has 0 unspecified atom stereocenters. The first-order valence-corrected chi connectivity index (χ1v) is 13.2.